The van der Waals surface area contributed by atoms with Crippen LogP contribution in [0.4, 0.5) is 0 Å². The van der Waals surface area contributed by atoms with Gasteiger partial charge < -0.3 is 14.2 Å². The molecule has 0 spiro atoms. The van der Waals surface area contributed by atoms with Gasteiger partial charge in [0.25, 0.3) is 0 Å². The standard InChI is InChI=1S/C24H27N3O3/c1-15(2)17-5-7-19(8-6-17)23-25-24(30-26-23)20-13-22(28)27(14-20)16(3)18-9-11-21(29-4)12-10-18/h5-12,15-16,20H,13-14H2,1-4H3. The molecule has 0 N–H and O–H groups in total. The Balaban J connectivity index is 1.47. The lowest BCUT2D eigenvalue weighted by molar-refractivity contribution is -0.129. The molecular weight excluding hydrogens is 378 g/mol. The van der Waals surface area contributed by atoms with Gasteiger partial charge in [0, 0.05) is 18.5 Å². The molecule has 6 heteroatoms. The Bertz CT molecular complexity index is 1010. The Morgan fingerprint density at radius 1 is 1.03 bits per heavy atom. The van der Waals surface area contributed by atoms with Crippen LogP contribution in [-0.2, 0) is 4.79 Å². The highest BCUT2D eigenvalue weighted by atomic mass is 16.5. The summed E-state index contributed by atoms with van der Waals surface area (Å²) in [5, 5.41) is 4.15. The van der Waals surface area contributed by atoms with E-state index in [1.54, 1.807) is 7.11 Å². The molecule has 1 aromatic heterocycles. The minimum Gasteiger partial charge on any atom is -0.497 e. The van der Waals surface area contributed by atoms with Crippen LogP contribution in [0.15, 0.2) is 53.1 Å². The monoisotopic (exact) mass is 405 g/mol. The van der Waals surface area contributed by atoms with E-state index in [1.165, 1.54) is 5.56 Å². The first kappa shape index (κ1) is 20.1. The van der Waals surface area contributed by atoms with Crippen LogP contribution in [0, 0.1) is 0 Å². The summed E-state index contributed by atoms with van der Waals surface area (Å²) in [4.78, 5) is 19.2. The van der Waals surface area contributed by atoms with E-state index in [9.17, 15) is 4.79 Å². The first-order chi connectivity index (χ1) is 14.5. The van der Waals surface area contributed by atoms with Gasteiger partial charge in [0.05, 0.1) is 19.1 Å². The Morgan fingerprint density at radius 3 is 2.33 bits per heavy atom. The number of amides is 1. The van der Waals surface area contributed by atoms with Crippen molar-refractivity contribution < 1.29 is 14.1 Å². The van der Waals surface area contributed by atoms with Crippen LogP contribution in [0.1, 0.15) is 62.1 Å². The van der Waals surface area contributed by atoms with E-state index in [1.807, 2.05) is 48.2 Å². The molecule has 1 aliphatic rings. The molecule has 2 atom stereocenters. The third-order valence-electron chi connectivity index (χ3n) is 5.85. The lowest BCUT2D eigenvalue weighted by atomic mass is 10.0. The third-order valence-corrected chi connectivity index (χ3v) is 5.85. The minimum absolute atomic E-state index is 0.0284. The Labute approximate surface area is 176 Å². The highest BCUT2D eigenvalue weighted by Crippen LogP contribution is 2.34. The van der Waals surface area contributed by atoms with Gasteiger partial charge in [-0.15, -0.1) is 0 Å². The average Bonchev–Trinajstić information content (AvgIpc) is 3.40. The second-order valence-electron chi connectivity index (χ2n) is 8.13. The molecule has 0 radical (unpaired) electrons. The molecule has 0 bridgehead atoms. The summed E-state index contributed by atoms with van der Waals surface area (Å²) in [6, 6.07) is 16.0. The summed E-state index contributed by atoms with van der Waals surface area (Å²) in [5.74, 6) is 2.38. The quantitative estimate of drug-likeness (QED) is 0.581. The lowest BCUT2D eigenvalue weighted by Crippen LogP contribution is -2.28. The molecule has 6 nitrogen and oxygen atoms in total. The van der Waals surface area contributed by atoms with Crippen molar-refractivity contribution in [1.82, 2.24) is 15.0 Å². The number of carbonyl (C=O) groups excluding carboxylic acids is 1. The zero-order valence-electron chi connectivity index (χ0n) is 17.8. The molecule has 156 valence electrons. The molecule has 3 aromatic rings. The average molecular weight is 405 g/mol. The van der Waals surface area contributed by atoms with Crippen molar-refractivity contribution in [3.63, 3.8) is 0 Å². The number of hydrogen-bond acceptors (Lipinski definition) is 5. The van der Waals surface area contributed by atoms with Gasteiger partial charge in [-0.25, -0.2) is 0 Å². The van der Waals surface area contributed by atoms with Crippen LogP contribution in [0.5, 0.6) is 5.75 Å². The number of nitrogens with zero attached hydrogens (tertiary/aromatic N) is 3. The smallest absolute Gasteiger partial charge is 0.232 e. The number of likely N-dealkylation sites (tertiary alicyclic amines) is 1. The molecule has 2 heterocycles. The largest absolute Gasteiger partial charge is 0.497 e. The van der Waals surface area contributed by atoms with E-state index >= 15 is 0 Å². The van der Waals surface area contributed by atoms with Crippen LogP contribution in [0.3, 0.4) is 0 Å². The van der Waals surface area contributed by atoms with Gasteiger partial charge >= 0.3 is 0 Å². The minimum atomic E-state index is -0.0885. The van der Waals surface area contributed by atoms with Crippen LogP contribution in [0.25, 0.3) is 11.4 Å². The van der Waals surface area contributed by atoms with Crippen molar-refractivity contribution >= 4 is 5.91 Å². The van der Waals surface area contributed by atoms with Crippen LogP contribution in [-0.4, -0.2) is 34.6 Å². The molecule has 2 aromatic carbocycles. The summed E-state index contributed by atoms with van der Waals surface area (Å²) in [6.45, 7) is 6.94. The molecule has 1 aliphatic heterocycles. The predicted molar refractivity (Wildman–Crippen MR) is 114 cm³/mol. The first-order valence-corrected chi connectivity index (χ1v) is 10.3. The second kappa shape index (κ2) is 8.30. The Hall–Kier alpha value is -3.15. The molecule has 2 unspecified atom stereocenters. The number of benzene rings is 2. The van der Waals surface area contributed by atoms with Gasteiger partial charge in [-0.1, -0.05) is 55.4 Å². The summed E-state index contributed by atoms with van der Waals surface area (Å²) in [5.41, 5.74) is 3.26. The van der Waals surface area contributed by atoms with E-state index in [2.05, 4.69) is 36.1 Å². The van der Waals surface area contributed by atoms with Crippen molar-refractivity contribution in [2.45, 2.75) is 45.1 Å². The Kier molecular flexibility index (Phi) is 5.57. The first-order valence-electron chi connectivity index (χ1n) is 10.3. The van der Waals surface area contributed by atoms with E-state index in [0.29, 0.717) is 30.6 Å². The number of ether oxygens (including phenoxy) is 1. The molecule has 30 heavy (non-hydrogen) atoms. The fourth-order valence-electron chi connectivity index (χ4n) is 3.87. The summed E-state index contributed by atoms with van der Waals surface area (Å²) >= 11 is 0. The maximum Gasteiger partial charge on any atom is 0.232 e. The molecule has 1 saturated heterocycles. The van der Waals surface area contributed by atoms with Gasteiger partial charge in [-0.3, -0.25) is 4.79 Å². The van der Waals surface area contributed by atoms with Crippen molar-refractivity contribution in [3.8, 4) is 17.1 Å². The van der Waals surface area contributed by atoms with Crippen LogP contribution < -0.4 is 4.74 Å². The SMILES string of the molecule is COc1ccc(C(C)N2CC(c3nc(-c4ccc(C(C)C)cc4)no3)CC2=O)cc1. The number of hydrogen-bond donors (Lipinski definition) is 0. The summed E-state index contributed by atoms with van der Waals surface area (Å²) < 4.78 is 10.8. The molecule has 1 fully saturated rings. The van der Waals surface area contributed by atoms with Crippen molar-refractivity contribution in [1.29, 1.82) is 0 Å². The van der Waals surface area contributed by atoms with Crippen molar-refractivity contribution in [2.24, 2.45) is 0 Å². The van der Waals surface area contributed by atoms with Gasteiger partial charge in [-0.05, 0) is 36.1 Å². The molecule has 4 rings (SSSR count). The summed E-state index contributed by atoms with van der Waals surface area (Å²) in [7, 11) is 1.64. The van der Waals surface area contributed by atoms with E-state index in [4.69, 9.17) is 9.26 Å². The van der Waals surface area contributed by atoms with E-state index < -0.39 is 0 Å². The van der Waals surface area contributed by atoms with Gasteiger partial charge in [-0.2, -0.15) is 4.98 Å². The fourth-order valence-corrected chi connectivity index (χ4v) is 3.87. The lowest BCUT2D eigenvalue weighted by Gasteiger charge is -2.25. The number of carbonyl (C=O) groups is 1. The third kappa shape index (κ3) is 3.95. The molecule has 0 saturated carbocycles. The van der Waals surface area contributed by atoms with E-state index in [-0.39, 0.29) is 17.9 Å². The Morgan fingerprint density at radius 2 is 1.70 bits per heavy atom. The normalized spacial score (nSPS) is 17.6. The predicted octanol–water partition coefficient (Wildman–Crippen LogP) is 4.95. The van der Waals surface area contributed by atoms with Crippen LogP contribution in [0.2, 0.25) is 0 Å². The van der Waals surface area contributed by atoms with Crippen molar-refractivity contribution in [3.05, 3.63) is 65.5 Å². The topological polar surface area (TPSA) is 68.5 Å². The molecule has 0 aliphatic carbocycles. The molecule has 1 amide bonds. The number of rotatable bonds is 6. The maximum atomic E-state index is 12.7. The zero-order valence-corrected chi connectivity index (χ0v) is 17.8. The maximum absolute atomic E-state index is 12.7. The van der Waals surface area contributed by atoms with Crippen molar-refractivity contribution in [2.75, 3.05) is 13.7 Å². The van der Waals surface area contributed by atoms with Gasteiger partial charge in [0.2, 0.25) is 17.6 Å². The number of methoxy groups -OCH3 is 1. The number of aromatic nitrogens is 2. The zero-order chi connectivity index (χ0) is 21.3. The van der Waals surface area contributed by atoms with Gasteiger partial charge in [0.1, 0.15) is 5.75 Å². The van der Waals surface area contributed by atoms with Gasteiger partial charge in [0.15, 0.2) is 0 Å². The summed E-state index contributed by atoms with van der Waals surface area (Å²) in [6.07, 6.45) is 0.383. The highest BCUT2D eigenvalue weighted by molar-refractivity contribution is 5.80. The van der Waals surface area contributed by atoms with Crippen LogP contribution >= 0.6 is 0 Å². The van der Waals surface area contributed by atoms with E-state index in [0.717, 1.165) is 16.9 Å². The second-order valence-corrected chi connectivity index (χ2v) is 8.13. The highest BCUT2D eigenvalue weighted by Gasteiger charge is 2.37. The fraction of sp³-hybridized carbons (Fsp3) is 0.375. The molecular formula is C24H27N3O3.